The van der Waals surface area contributed by atoms with Crippen molar-refractivity contribution >= 4 is 27.5 Å². The second kappa shape index (κ2) is 9.45. The molecule has 0 bridgehead atoms. The Kier molecular flexibility index (Phi) is 6.49. The fourth-order valence-electron chi connectivity index (χ4n) is 3.92. The Morgan fingerprint density at radius 2 is 1.81 bits per heavy atom. The van der Waals surface area contributed by atoms with E-state index in [9.17, 15) is 4.79 Å². The van der Waals surface area contributed by atoms with Crippen molar-refractivity contribution in [3.63, 3.8) is 0 Å². The topological polar surface area (TPSA) is 50.2 Å². The molecule has 6 heteroatoms. The summed E-state index contributed by atoms with van der Waals surface area (Å²) in [5, 5.41) is 4.14. The number of rotatable bonds is 8. The van der Waals surface area contributed by atoms with Crippen molar-refractivity contribution in [3.8, 4) is 5.69 Å². The predicted octanol–water partition coefficient (Wildman–Crippen LogP) is 4.96. The number of carbonyl (C=O) groups excluding carboxylic acids is 1. The van der Waals surface area contributed by atoms with Crippen molar-refractivity contribution in [2.75, 3.05) is 20.1 Å². The molecule has 0 saturated heterocycles. The van der Waals surface area contributed by atoms with Crippen molar-refractivity contribution in [2.24, 2.45) is 0 Å². The number of carbonyl (C=O) groups is 1. The van der Waals surface area contributed by atoms with E-state index in [-0.39, 0.29) is 5.91 Å². The summed E-state index contributed by atoms with van der Waals surface area (Å²) in [6.07, 6.45) is 2.68. The standard InChI is InChI=1S/C25H28N4OS/c1-18-12-13-19(2)29(18)22-21-11-7-14-27-25(21)31-23(22)24(30)26-15-8-16-28(3)17-20-9-5-4-6-10-20/h4-7,9-14H,8,15-17H2,1-3H3,(H,26,30). The number of hydrogen-bond acceptors (Lipinski definition) is 4. The van der Waals surface area contributed by atoms with Gasteiger partial charge in [0.2, 0.25) is 0 Å². The monoisotopic (exact) mass is 432 g/mol. The number of nitrogens with one attached hydrogen (secondary N) is 1. The van der Waals surface area contributed by atoms with Gasteiger partial charge in [-0.05, 0) is 63.7 Å². The first-order valence-electron chi connectivity index (χ1n) is 10.6. The first-order chi connectivity index (χ1) is 15.0. The van der Waals surface area contributed by atoms with E-state index in [1.165, 1.54) is 16.9 Å². The van der Waals surface area contributed by atoms with Crippen LogP contribution in [-0.4, -0.2) is 40.5 Å². The lowest BCUT2D eigenvalue weighted by molar-refractivity contribution is 0.0956. The zero-order valence-corrected chi connectivity index (χ0v) is 19.1. The van der Waals surface area contributed by atoms with Crippen LogP contribution in [0, 0.1) is 13.8 Å². The predicted molar refractivity (Wildman–Crippen MR) is 128 cm³/mol. The average Bonchev–Trinajstić information content (AvgIpc) is 3.31. The van der Waals surface area contributed by atoms with Crippen molar-refractivity contribution < 1.29 is 4.79 Å². The van der Waals surface area contributed by atoms with Crippen LogP contribution in [0.25, 0.3) is 15.9 Å². The number of fused-ring (bicyclic) bond motifs is 1. The SMILES string of the molecule is Cc1ccc(C)n1-c1c(C(=O)NCCCN(C)Cc2ccccc2)sc2ncccc12. The molecule has 0 aliphatic rings. The zero-order valence-electron chi connectivity index (χ0n) is 18.3. The molecule has 0 unspecified atom stereocenters. The molecular formula is C25H28N4OS. The molecular weight excluding hydrogens is 404 g/mol. The molecule has 3 heterocycles. The highest BCUT2D eigenvalue weighted by atomic mass is 32.1. The molecule has 0 radical (unpaired) electrons. The van der Waals surface area contributed by atoms with Gasteiger partial charge in [-0.2, -0.15) is 0 Å². The van der Waals surface area contributed by atoms with E-state index in [0.717, 1.165) is 46.8 Å². The van der Waals surface area contributed by atoms with Crippen LogP contribution in [0.1, 0.15) is 33.0 Å². The molecule has 31 heavy (non-hydrogen) atoms. The van der Waals surface area contributed by atoms with Gasteiger partial charge in [-0.1, -0.05) is 30.3 Å². The molecule has 0 aliphatic heterocycles. The number of thiophene rings is 1. The van der Waals surface area contributed by atoms with E-state index in [2.05, 4.69) is 77.1 Å². The largest absolute Gasteiger partial charge is 0.351 e. The Bertz CT molecular complexity index is 1160. The molecule has 0 spiro atoms. The Balaban J connectivity index is 1.44. The van der Waals surface area contributed by atoms with Gasteiger partial charge >= 0.3 is 0 Å². The van der Waals surface area contributed by atoms with E-state index in [0.29, 0.717) is 11.4 Å². The third-order valence-electron chi connectivity index (χ3n) is 5.44. The second-order valence-corrected chi connectivity index (χ2v) is 8.92. The maximum absolute atomic E-state index is 13.1. The zero-order chi connectivity index (χ0) is 21.8. The van der Waals surface area contributed by atoms with Gasteiger partial charge in [0.05, 0.1) is 5.69 Å². The highest BCUT2D eigenvalue weighted by molar-refractivity contribution is 7.21. The van der Waals surface area contributed by atoms with Gasteiger partial charge < -0.3 is 14.8 Å². The summed E-state index contributed by atoms with van der Waals surface area (Å²) in [7, 11) is 2.11. The van der Waals surface area contributed by atoms with Gasteiger partial charge in [0.15, 0.2) is 0 Å². The van der Waals surface area contributed by atoms with E-state index in [1.54, 1.807) is 6.20 Å². The molecule has 1 aromatic carbocycles. The Morgan fingerprint density at radius 3 is 2.55 bits per heavy atom. The Morgan fingerprint density at radius 1 is 1.06 bits per heavy atom. The molecule has 1 N–H and O–H groups in total. The summed E-state index contributed by atoms with van der Waals surface area (Å²) in [5.74, 6) is -0.0313. The third-order valence-corrected chi connectivity index (χ3v) is 6.54. The molecule has 3 aromatic heterocycles. The lowest BCUT2D eigenvalue weighted by atomic mass is 10.2. The fraction of sp³-hybridized carbons (Fsp3) is 0.280. The molecule has 4 aromatic rings. The highest BCUT2D eigenvalue weighted by Gasteiger charge is 2.22. The van der Waals surface area contributed by atoms with Gasteiger partial charge in [0.1, 0.15) is 9.71 Å². The van der Waals surface area contributed by atoms with Crippen LogP contribution < -0.4 is 5.32 Å². The number of amides is 1. The molecule has 0 fully saturated rings. The van der Waals surface area contributed by atoms with E-state index < -0.39 is 0 Å². The molecule has 4 rings (SSSR count). The van der Waals surface area contributed by atoms with Gasteiger partial charge in [-0.25, -0.2) is 4.98 Å². The van der Waals surface area contributed by atoms with Crippen molar-refractivity contribution in [2.45, 2.75) is 26.8 Å². The highest BCUT2D eigenvalue weighted by Crippen LogP contribution is 2.34. The minimum Gasteiger partial charge on any atom is -0.351 e. The maximum atomic E-state index is 13.1. The summed E-state index contributed by atoms with van der Waals surface area (Å²) < 4.78 is 2.16. The van der Waals surface area contributed by atoms with Gasteiger partial charge in [0.25, 0.3) is 5.91 Å². The van der Waals surface area contributed by atoms with Crippen molar-refractivity contribution in [1.29, 1.82) is 0 Å². The first kappa shape index (κ1) is 21.3. The van der Waals surface area contributed by atoms with Crippen LogP contribution in [0.15, 0.2) is 60.8 Å². The number of benzene rings is 1. The van der Waals surface area contributed by atoms with Crippen molar-refractivity contribution in [3.05, 3.63) is 82.6 Å². The van der Waals surface area contributed by atoms with Gasteiger partial charge in [0, 0.05) is 36.1 Å². The van der Waals surface area contributed by atoms with Crippen molar-refractivity contribution in [1.82, 2.24) is 19.8 Å². The van der Waals surface area contributed by atoms with Crippen LogP contribution in [0.2, 0.25) is 0 Å². The average molecular weight is 433 g/mol. The molecule has 0 saturated carbocycles. The number of pyridine rings is 1. The third kappa shape index (κ3) is 4.70. The number of hydrogen-bond donors (Lipinski definition) is 1. The lowest BCUT2D eigenvalue weighted by Crippen LogP contribution is -2.28. The van der Waals surface area contributed by atoms with Gasteiger partial charge in [-0.3, -0.25) is 4.79 Å². The summed E-state index contributed by atoms with van der Waals surface area (Å²) >= 11 is 1.46. The minimum atomic E-state index is -0.0313. The second-order valence-electron chi connectivity index (χ2n) is 7.92. The lowest BCUT2D eigenvalue weighted by Gasteiger charge is -2.17. The van der Waals surface area contributed by atoms with Crippen LogP contribution >= 0.6 is 11.3 Å². The molecule has 5 nitrogen and oxygen atoms in total. The first-order valence-corrected chi connectivity index (χ1v) is 11.4. The quantitative estimate of drug-likeness (QED) is 0.401. The van der Waals surface area contributed by atoms with Crippen LogP contribution in [0.4, 0.5) is 0 Å². The van der Waals surface area contributed by atoms with Crippen LogP contribution in [-0.2, 0) is 6.54 Å². The smallest absolute Gasteiger partial charge is 0.263 e. The van der Waals surface area contributed by atoms with E-state index in [1.807, 2.05) is 18.2 Å². The Labute approximate surface area is 187 Å². The normalized spacial score (nSPS) is 11.4. The minimum absolute atomic E-state index is 0.0313. The van der Waals surface area contributed by atoms with Crippen LogP contribution in [0.5, 0.6) is 0 Å². The molecule has 0 atom stereocenters. The fourth-order valence-corrected chi connectivity index (χ4v) is 4.97. The summed E-state index contributed by atoms with van der Waals surface area (Å²) in [6.45, 7) is 6.61. The maximum Gasteiger partial charge on any atom is 0.263 e. The summed E-state index contributed by atoms with van der Waals surface area (Å²) in [6, 6.07) is 18.6. The summed E-state index contributed by atoms with van der Waals surface area (Å²) in [4.78, 5) is 21.5. The number of aryl methyl sites for hydroxylation is 2. The molecule has 0 aliphatic carbocycles. The van der Waals surface area contributed by atoms with E-state index >= 15 is 0 Å². The van der Waals surface area contributed by atoms with Crippen LogP contribution in [0.3, 0.4) is 0 Å². The molecule has 1 amide bonds. The van der Waals surface area contributed by atoms with E-state index in [4.69, 9.17) is 0 Å². The summed E-state index contributed by atoms with van der Waals surface area (Å²) in [5.41, 5.74) is 4.45. The number of aromatic nitrogens is 2. The van der Waals surface area contributed by atoms with Gasteiger partial charge in [-0.15, -0.1) is 11.3 Å². The Hall–Kier alpha value is -2.96. The molecule has 160 valence electrons. The number of nitrogens with zero attached hydrogens (tertiary/aromatic N) is 3.